The largest absolute Gasteiger partial charge is 0.450 e. The Balaban J connectivity index is 1.45. The fraction of sp³-hybridized carbons (Fsp3) is 0.591. The van der Waals surface area contributed by atoms with Crippen LogP contribution in [0.25, 0.3) is 0 Å². The molecule has 8 heteroatoms. The van der Waals surface area contributed by atoms with E-state index < -0.39 is 0 Å². The van der Waals surface area contributed by atoms with E-state index in [1.807, 2.05) is 31.2 Å². The number of benzene rings is 1. The highest BCUT2D eigenvalue weighted by atomic mass is 16.6. The Kier molecular flexibility index (Phi) is 7.93. The number of hydrogen-bond acceptors (Lipinski definition) is 4. The molecule has 164 valence electrons. The number of ether oxygens (including phenoxy) is 1. The second-order valence-electron chi connectivity index (χ2n) is 7.98. The van der Waals surface area contributed by atoms with E-state index in [0.717, 1.165) is 49.8 Å². The van der Waals surface area contributed by atoms with E-state index in [9.17, 15) is 9.59 Å². The lowest BCUT2D eigenvalue weighted by molar-refractivity contribution is -0.119. The molecule has 0 spiro atoms. The Bertz CT molecular complexity index is 753. The highest BCUT2D eigenvalue weighted by molar-refractivity contribution is 5.92. The molecule has 8 nitrogen and oxygen atoms in total. The number of nitrogens with one attached hydrogen (secondary N) is 2. The lowest BCUT2D eigenvalue weighted by Gasteiger charge is -2.31. The van der Waals surface area contributed by atoms with Crippen molar-refractivity contribution >= 4 is 23.6 Å². The Morgan fingerprint density at radius 2 is 1.93 bits per heavy atom. The van der Waals surface area contributed by atoms with Gasteiger partial charge in [0.1, 0.15) is 0 Å². The van der Waals surface area contributed by atoms with Gasteiger partial charge < -0.3 is 26.0 Å². The zero-order valence-electron chi connectivity index (χ0n) is 17.7. The predicted octanol–water partition coefficient (Wildman–Crippen LogP) is 2.84. The number of amides is 2. The lowest BCUT2D eigenvalue weighted by atomic mass is 10.1. The van der Waals surface area contributed by atoms with Crippen molar-refractivity contribution in [1.82, 2.24) is 10.2 Å². The zero-order chi connectivity index (χ0) is 21.3. The van der Waals surface area contributed by atoms with Crippen LogP contribution in [0.15, 0.2) is 29.3 Å². The Morgan fingerprint density at radius 3 is 2.63 bits per heavy atom. The molecule has 0 radical (unpaired) electrons. The Morgan fingerprint density at radius 1 is 1.20 bits per heavy atom. The first kappa shape index (κ1) is 21.9. The number of nitrogens with zero attached hydrogens (tertiary/aromatic N) is 2. The summed E-state index contributed by atoms with van der Waals surface area (Å²) in [6.07, 6.45) is 5.60. The van der Waals surface area contributed by atoms with Crippen LogP contribution in [0, 0.1) is 5.92 Å². The summed E-state index contributed by atoms with van der Waals surface area (Å²) >= 11 is 0. The molecule has 1 saturated heterocycles. The molecule has 1 aliphatic carbocycles. The van der Waals surface area contributed by atoms with Crippen molar-refractivity contribution in [2.45, 2.75) is 58.0 Å². The van der Waals surface area contributed by atoms with Crippen molar-refractivity contribution in [3.05, 3.63) is 29.8 Å². The molecule has 2 amide bonds. The first-order valence-electron chi connectivity index (χ1n) is 10.9. The van der Waals surface area contributed by atoms with Crippen LogP contribution < -0.4 is 16.4 Å². The van der Waals surface area contributed by atoms with Crippen molar-refractivity contribution in [1.29, 1.82) is 0 Å². The highest BCUT2D eigenvalue weighted by Gasteiger charge is 2.24. The minimum atomic E-state index is -0.252. The maximum absolute atomic E-state index is 12.3. The molecule has 0 unspecified atom stereocenters. The van der Waals surface area contributed by atoms with Crippen molar-refractivity contribution in [2.75, 3.05) is 25.0 Å². The predicted molar refractivity (Wildman–Crippen MR) is 117 cm³/mol. The van der Waals surface area contributed by atoms with Crippen LogP contribution in [-0.2, 0) is 16.1 Å². The molecular formula is C22H33N5O3. The van der Waals surface area contributed by atoms with Crippen molar-refractivity contribution < 1.29 is 14.3 Å². The highest BCUT2D eigenvalue weighted by Crippen LogP contribution is 2.26. The van der Waals surface area contributed by atoms with Gasteiger partial charge in [-0.05, 0) is 50.3 Å². The second kappa shape index (κ2) is 10.8. The summed E-state index contributed by atoms with van der Waals surface area (Å²) in [5.41, 5.74) is 7.85. The number of hydrogen-bond donors (Lipinski definition) is 3. The smallest absolute Gasteiger partial charge is 0.409 e. The number of aliphatic imine (C=N–C) groups is 1. The maximum Gasteiger partial charge on any atom is 0.409 e. The maximum atomic E-state index is 12.3. The number of carbonyl (C=O) groups is 2. The van der Waals surface area contributed by atoms with Crippen LogP contribution in [0.3, 0.4) is 0 Å². The van der Waals surface area contributed by atoms with E-state index >= 15 is 0 Å². The van der Waals surface area contributed by atoms with Gasteiger partial charge in [0.25, 0.3) is 0 Å². The van der Waals surface area contributed by atoms with Gasteiger partial charge >= 0.3 is 6.09 Å². The first-order chi connectivity index (χ1) is 14.5. The number of likely N-dealkylation sites (tertiary alicyclic amines) is 1. The van der Waals surface area contributed by atoms with Gasteiger partial charge in [0.15, 0.2) is 5.96 Å². The van der Waals surface area contributed by atoms with E-state index in [1.165, 1.54) is 0 Å². The first-order valence-corrected chi connectivity index (χ1v) is 10.9. The molecule has 1 aromatic carbocycles. The monoisotopic (exact) mass is 415 g/mol. The average Bonchev–Trinajstić information content (AvgIpc) is 3.28. The summed E-state index contributed by atoms with van der Waals surface area (Å²) in [5, 5.41) is 6.27. The number of piperidine rings is 1. The number of anilines is 1. The SMILES string of the molecule is CCOC(=O)N1CCC(NC(N)=NCc2cccc(NC(=O)C3CCCC3)c2)CC1. The minimum absolute atomic E-state index is 0.114. The minimum Gasteiger partial charge on any atom is -0.450 e. The standard InChI is InChI=1S/C22H33N5O3/c1-2-30-22(29)27-12-10-18(11-13-27)26-21(23)24-15-16-6-5-9-19(14-16)25-20(28)17-7-3-4-8-17/h5-6,9,14,17-18H,2-4,7-8,10-13,15H2,1H3,(H,25,28)(H3,23,24,26). The van der Waals surface area contributed by atoms with Gasteiger partial charge in [0.05, 0.1) is 13.2 Å². The van der Waals surface area contributed by atoms with Gasteiger partial charge in [-0.2, -0.15) is 0 Å². The molecule has 3 rings (SSSR count). The molecule has 1 aliphatic heterocycles. The normalized spacial score (nSPS) is 18.3. The van der Waals surface area contributed by atoms with Gasteiger partial charge in [-0.15, -0.1) is 0 Å². The van der Waals surface area contributed by atoms with E-state index in [4.69, 9.17) is 10.5 Å². The topological polar surface area (TPSA) is 109 Å². The fourth-order valence-electron chi connectivity index (χ4n) is 4.03. The number of carbonyl (C=O) groups excluding carboxylic acids is 2. The van der Waals surface area contributed by atoms with Gasteiger partial charge in [0.2, 0.25) is 5.91 Å². The molecule has 0 atom stereocenters. The second-order valence-corrected chi connectivity index (χ2v) is 7.98. The summed E-state index contributed by atoms with van der Waals surface area (Å²) in [6, 6.07) is 7.93. The van der Waals surface area contributed by atoms with Crippen LogP contribution in [0.4, 0.5) is 10.5 Å². The Hall–Kier alpha value is -2.77. The van der Waals surface area contributed by atoms with Crippen molar-refractivity contribution in [3.8, 4) is 0 Å². The van der Waals surface area contributed by atoms with Crippen molar-refractivity contribution in [3.63, 3.8) is 0 Å². The summed E-state index contributed by atoms with van der Waals surface area (Å²) in [7, 11) is 0. The zero-order valence-corrected chi connectivity index (χ0v) is 17.7. The molecule has 1 aromatic rings. The third-order valence-electron chi connectivity index (χ3n) is 5.73. The van der Waals surface area contributed by atoms with Crippen LogP contribution in [0.2, 0.25) is 0 Å². The molecular weight excluding hydrogens is 382 g/mol. The average molecular weight is 416 g/mol. The lowest BCUT2D eigenvalue weighted by Crippen LogP contribution is -2.48. The van der Waals surface area contributed by atoms with Crippen LogP contribution in [0.1, 0.15) is 51.0 Å². The molecule has 1 heterocycles. The third kappa shape index (κ3) is 6.37. The van der Waals surface area contributed by atoms with E-state index in [1.54, 1.807) is 4.90 Å². The molecule has 1 saturated carbocycles. The quantitative estimate of drug-likeness (QED) is 0.489. The molecule has 0 bridgehead atoms. The molecule has 4 N–H and O–H groups in total. The van der Waals surface area contributed by atoms with Gasteiger partial charge in [-0.1, -0.05) is 25.0 Å². The number of guanidine groups is 1. The van der Waals surface area contributed by atoms with Gasteiger partial charge in [-0.25, -0.2) is 9.79 Å². The Labute approximate surface area is 178 Å². The summed E-state index contributed by atoms with van der Waals surface area (Å²) in [5.74, 6) is 0.648. The third-order valence-corrected chi connectivity index (χ3v) is 5.73. The number of rotatable bonds is 6. The van der Waals surface area contributed by atoms with Gasteiger partial charge in [0, 0.05) is 30.7 Å². The summed E-state index contributed by atoms with van der Waals surface area (Å²) in [4.78, 5) is 30.2. The number of nitrogens with two attached hydrogens (primary N) is 1. The van der Waals surface area contributed by atoms with E-state index in [2.05, 4.69) is 15.6 Å². The van der Waals surface area contributed by atoms with Gasteiger partial charge in [-0.3, -0.25) is 4.79 Å². The van der Waals surface area contributed by atoms with Crippen molar-refractivity contribution in [2.24, 2.45) is 16.6 Å². The summed E-state index contributed by atoms with van der Waals surface area (Å²) < 4.78 is 5.04. The van der Waals surface area contributed by atoms with Crippen LogP contribution in [0.5, 0.6) is 0 Å². The molecule has 2 aliphatic rings. The molecule has 2 fully saturated rings. The van der Waals surface area contributed by atoms with E-state index in [0.29, 0.717) is 32.2 Å². The molecule has 30 heavy (non-hydrogen) atoms. The van der Waals surface area contributed by atoms with Crippen LogP contribution >= 0.6 is 0 Å². The van der Waals surface area contributed by atoms with E-state index in [-0.39, 0.29) is 24.0 Å². The fourth-order valence-corrected chi connectivity index (χ4v) is 4.03. The summed E-state index contributed by atoms with van der Waals surface area (Å²) in [6.45, 7) is 3.93. The molecule has 0 aromatic heterocycles. The van der Waals surface area contributed by atoms with Crippen LogP contribution in [-0.4, -0.2) is 48.6 Å².